The van der Waals surface area contributed by atoms with E-state index in [1.165, 1.54) is 11.9 Å². The fraction of sp³-hybridized carbons (Fsp3) is 0.211. The highest BCUT2D eigenvalue weighted by Gasteiger charge is 2.09. The smallest absolute Gasteiger partial charge is 0.138 e. The summed E-state index contributed by atoms with van der Waals surface area (Å²) in [5, 5.41) is 16.7. The number of nitriles is 1. The van der Waals surface area contributed by atoms with Crippen LogP contribution in [0, 0.1) is 11.3 Å². The van der Waals surface area contributed by atoms with Crippen LogP contribution < -0.4 is 10.1 Å². The Labute approximate surface area is 146 Å². The van der Waals surface area contributed by atoms with Gasteiger partial charge in [0, 0.05) is 18.2 Å². The summed E-state index contributed by atoms with van der Waals surface area (Å²) in [6, 6.07) is 15.9. The van der Waals surface area contributed by atoms with E-state index in [0.29, 0.717) is 12.1 Å². The van der Waals surface area contributed by atoms with E-state index in [9.17, 15) is 0 Å². The number of methoxy groups -OCH3 is 1. The minimum atomic E-state index is 0.153. The van der Waals surface area contributed by atoms with Crippen molar-refractivity contribution in [2.24, 2.45) is 0 Å². The lowest BCUT2D eigenvalue weighted by Crippen LogP contribution is -2.18. The van der Waals surface area contributed by atoms with E-state index in [0.717, 1.165) is 17.0 Å². The van der Waals surface area contributed by atoms with E-state index in [1.54, 1.807) is 24.2 Å². The third kappa shape index (κ3) is 3.84. The minimum absolute atomic E-state index is 0.153. The van der Waals surface area contributed by atoms with E-state index >= 15 is 0 Å². The molecular weight excluding hydrogens is 314 g/mol. The van der Waals surface area contributed by atoms with E-state index in [2.05, 4.69) is 40.5 Å². The summed E-state index contributed by atoms with van der Waals surface area (Å²) in [6.07, 6.45) is 3.19. The quantitative estimate of drug-likeness (QED) is 0.750. The molecule has 1 heterocycles. The third-order valence-corrected chi connectivity index (χ3v) is 4.08. The number of nitrogens with one attached hydrogen (secondary N) is 1. The number of aromatic nitrogens is 3. The molecule has 0 aliphatic heterocycles. The monoisotopic (exact) mass is 333 g/mol. The number of ether oxygens (including phenoxy) is 1. The largest absolute Gasteiger partial charge is 0.496 e. The van der Waals surface area contributed by atoms with E-state index in [-0.39, 0.29) is 6.04 Å². The lowest BCUT2D eigenvalue weighted by molar-refractivity contribution is 0.406. The fourth-order valence-corrected chi connectivity index (χ4v) is 2.62. The van der Waals surface area contributed by atoms with Crippen molar-refractivity contribution in [1.29, 1.82) is 5.26 Å². The Bertz CT molecular complexity index is 866. The standard InChI is InChI=1S/C19H19N5O/c1-14(16-4-6-18(7-5-16)24-13-21-12-23-24)22-11-17-9-15(10-20)3-8-19(17)25-2/h3-9,12-14,22H,11H2,1-2H3. The molecule has 1 N–H and O–H groups in total. The molecule has 3 rings (SSSR count). The number of hydrogen-bond acceptors (Lipinski definition) is 5. The van der Waals surface area contributed by atoms with Crippen molar-refractivity contribution >= 4 is 0 Å². The van der Waals surface area contributed by atoms with Crippen LogP contribution in [0.2, 0.25) is 0 Å². The summed E-state index contributed by atoms with van der Waals surface area (Å²) >= 11 is 0. The van der Waals surface area contributed by atoms with E-state index in [4.69, 9.17) is 10.00 Å². The maximum absolute atomic E-state index is 9.06. The van der Waals surface area contributed by atoms with Crippen molar-refractivity contribution < 1.29 is 4.74 Å². The summed E-state index contributed by atoms with van der Waals surface area (Å²) in [5.41, 5.74) is 3.73. The topological polar surface area (TPSA) is 75.8 Å². The van der Waals surface area contributed by atoms with Gasteiger partial charge in [0.25, 0.3) is 0 Å². The Kier molecular flexibility index (Phi) is 5.07. The van der Waals surface area contributed by atoms with Gasteiger partial charge in [-0.05, 0) is 42.8 Å². The van der Waals surface area contributed by atoms with Crippen molar-refractivity contribution in [3.8, 4) is 17.5 Å². The van der Waals surface area contributed by atoms with Gasteiger partial charge in [0.1, 0.15) is 18.4 Å². The van der Waals surface area contributed by atoms with Crippen LogP contribution >= 0.6 is 0 Å². The molecule has 0 saturated heterocycles. The molecular formula is C19H19N5O. The van der Waals surface area contributed by atoms with Gasteiger partial charge in [-0.3, -0.25) is 0 Å². The second-order valence-electron chi connectivity index (χ2n) is 5.67. The first-order valence-corrected chi connectivity index (χ1v) is 7.96. The van der Waals surface area contributed by atoms with Gasteiger partial charge in [0.2, 0.25) is 0 Å². The van der Waals surface area contributed by atoms with Crippen LogP contribution in [0.4, 0.5) is 0 Å². The molecule has 126 valence electrons. The summed E-state index contributed by atoms with van der Waals surface area (Å²) < 4.78 is 7.10. The van der Waals surface area contributed by atoms with E-state index in [1.807, 2.05) is 24.3 Å². The molecule has 0 aliphatic carbocycles. The lowest BCUT2D eigenvalue weighted by atomic mass is 10.1. The van der Waals surface area contributed by atoms with Gasteiger partial charge >= 0.3 is 0 Å². The highest BCUT2D eigenvalue weighted by Crippen LogP contribution is 2.21. The third-order valence-electron chi connectivity index (χ3n) is 4.08. The minimum Gasteiger partial charge on any atom is -0.496 e. The molecule has 3 aromatic rings. The summed E-state index contributed by atoms with van der Waals surface area (Å²) in [7, 11) is 1.64. The second-order valence-corrected chi connectivity index (χ2v) is 5.67. The zero-order valence-electron chi connectivity index (χ0n) is 14.2. The zero-order chi connectivity index (χ0) is 17.6. The SMILES string of the molecule is COc1ccc(C#N)cc1CNC(C)c1ccc(-n2cncn2)cc1. The highest BCUT2D eigenvalue weighted by molar-refractivity contribution is 5.42. The Morgan fingerprint density at radius 1 is 1.24 bits per heavy atom. The molecule has 0 bridgehead atoms. The van der Waals surface area contributed by atoms with Crippen LogP contribution in [0.1, 0.15) is 29.7 Å². The first-order valence-electron chi connectivity index (χ1n) is 7.96. The van der Waals surface area contributed by atoms with Crippen molar-refractivity contribution in [1.82, 2.24) is 20.1 Å². The van der Waals surface area contributed by atoms with Gasteiger partial charge in [-0.15, -0.1) is 0 Å². The van der Waals surface area contributed by atoms with Gasteiger partial charge in [-0.2, -0.15) is 10.4 Å². The molecule has 0 saturated carbocycles. The summed E-state index contributed by atoms with van der Waals surface area (Å²) in [5.74, 6) is 0.778. The molecule has 0 aliphatic rings. The van der Waals surface area contributed by atoms with Crippen LogP contribution in [0.3, 0.4) is 0 Å². The lowest BCUT2D eigenvalue weighted by Gasteiger charge is -2.16. The highest BCUT2D eigenvalue weighted by atomic mass is 16.5. The van der Waals surface area contributed by atoms with Crippen molar-refractivity contribution in [2.75, 3.05) is 7.11 Å². The molecule has 25 heavy (non-hydrogen) atoms. The molecule has 1 unspecified atom stereocenters. The molecule has 0 fully saturated rings. The van der Waals surface area contributed by atoms with E-state index < -0.39 is 0 Å². The normalized spacial score (nSPS) is 11.7. The number of benzene rings is 2. The average molecular weight is 333 g/mol. The zero-order valence-corrected chi connectivity index (χ0v) is 14.2. The maximum Gasteiger partial charge on any atom is 0.138 e. The molecule has 0 spiro atoms. The molecule has 6 nitrogen and oxygen atoms in total. The molecule has 1 atom stereocenters. The summed E-state index contributed by atoms with van der Waals surface area (Å²) in [4.78, 5) is 3.95. The first kappa shape index (κ1) is 16.7. The van der Waals surface area contributed by atoms with Crippen molar-refractivity contribution in [3.05, 3.63) is 71.8 Å². The second kappa shape index (κ2) is 7.60. The molecule has 0 radical (unpaired) electrons. The van der Waals surface area contributed by atoms with Crippen LogP contribution in [-0.4, -0.2) is 21.9 Å². The van der Waals surface area contributed by atoms with Crippen LogP contribution in [0.15, 0.2) is 55.1 Å². The maximum atomic E-state index is 9.06. The molecule has 2 aromatic carbocycles. The van der Waals surface area contributed by atoms with Crippen LogP contribution in [-0.2, 0) is 6.54 Å². The van der Waals surface area contributed by atoms with Crippen molar-refractivity contribution in [2.45, 2.75) is 19.5 Å². The van der Waals surface area contributed by atoms with Gasteiger partial charge in [0.05, 0.1) is 24.4 Å². The Balaban J connectivity index is 1.68. The Morgan fingerprint density at radius 2 is 2.04 bits per heavy atom. The van der Waals surface area contributed by atoms with Gasteiger partial charge in [0.15, 0.2) is 0 Å². The van der Waals surface area contributed by atoms with Crippen LogP contribution in [0.25, 0.3) is 5.69 Å². The first-order chi connectivity index (χ1) is 12.2. The summed E-state index contributed by atoms with van der Waals surface area (Å²) in [6.45, 7) is 2.72. The number of hydrogen-bond donors (Lipinski definition) is 1. The van der Waals surface area contributed by atoms with Crippen molar-refractivity contribution in [3.63, 3.8) is 0 Å². The molecule has 1 aromatic heterocycles. The van der Waals surface area contributed by atoms with Gasteiger partial charge < -0.3 is 10.1 Å². The van der Waals surface area contributed by atoms with Crippen LogP contribution in [0.5, 0.6) is 5.75 Å². The molecule has 6 heteroatoms. The van der Waals surface area contributed by atoms with Gasteiger partial charge in [-0.1, -0.05) is 12.1 Å². The van der Waals surface area contributed by atoms with Gasteiger partial charge in [-0.25, -0.2) is 9.67 Å². The number of rotatable bonds is 6. The molecule has 0 amide bonds. The predicted molar refractivity (Wildman–Crippen MR) is 94.3 cm³/mol. The fourth-order valence-electron chi connectivity index (χ4n) is 2.62. The predicted octanol–water partition coefficient (Wildman–Crippen LogP) is 3.00. The number of nitrogens with zero attached hydrogens (tertiary/aromatic N) is 4. The average Bonchev–Trinajstić information content (AvgIpc) is 3.20. The Morgan fingerprint density at radius 3 is 2.68 bits per heavy atom. The Hall–Kier alpha value is -3.17.